The van der Waals surface area contributed by atoms with Crippen LogP contribution in [0.4, 0.5) is 5.69 Å². The number of carbonyl (C=O) groups excluding carboxylic acids is 1. The van der Waals surface area contributed by atoms with Crippen LogP contribution < -0.4 is 5.32 Å². The third kappa shape index (κ3) is 1.40. The van der Waals surface area contributed by atoms with Crippen molar-refractivity contribution in [2.45, 2.75) is 12.5 Å². The molecule has 0 aromatic heterocycles. The van der Waals surface area contributed by atoms with Gasteiger partial charge >= 0.3 is 0 Å². The molecule has 0 bridgehead atoms. The van der Waals surface area contributed by atoms with E-state index in [1.165, 1.54) is 0 Å². The lowest BCUT2D eigenvalue weighted by Gasteiger charge is -2.30. The van der Waals surface area contributed by atoms with Gasteiger partial charge in [-0.25, -0.2) is 0 Å². The van der Waals surface area contributed by atoms with Crippen LogP contribution in [-0.4, -0.2) is 29.9 Å². The Morgan fingerprint density at radius 3 is 3.06 bits per heavy atom. The highest BCUT2D eigenvalue weighted by Gasteiger charge is 2.29. The van der Waals surface area contributed by atoms with E-state index in [0.29, 0.717) is 6.04 Å². The van der Waals surface area contributed by atoms with Crippen LogP contribution in [0, 0.1) is 0 Å². The molecule has 3 heteroatoms. The molecule has 1 unspecified atom stereocenters. The van der Waals surface area contributed by atoms with Gasteiger partial charge in [-0.2, -0.15) is 0 Å². The molecule has 2 aliphatic rings. The summed E-state index contributed by atoms with van der Waals surface area (Å²) >= 11 is 0. The molecule has 3 nitrogen and oxygen atoms in total. The predicted molar refractivity (Wildman–Crippen MR) is 63.5 cm³/mol. The van der Waals surface area contributed by atoms with Crippen molar-refractivity contribution in [2.24, 2.45) is 0 Å². The van der Waals surface area contributed by atoms with Crippen LogP contribution in [0.3, 0.4) is 0 Å². The lowest BCUT2D eigenvalue weighted by atomic mass is 10.1. The van der Waals surface area contributed by atoms with E-state index in [9.17, 15) is 4.79 Å². The Morgan fingerprint density at radius 1 is 1.25 bits per heavy atom. The van der Waals surface area contributed by atoms with Crippen LogP contribution in [0.2, 0.25) is 0 Å². The quantitative estimate of drug-likeness (QED) is 0.669. The van der Waals surface area contributed by atoms with E-state index in [4.69, 9.17) is 0 Å². The third-order valence-electron chi connectivity index (χ3n) is 3.26. The van der Waals surface area contributed by atoms with E-state index in [1.807, 2.05) is 29.2 Å². The first kappa shape index (κ1) is 9.46. The molecule has 0 fully saturated rings. The molecule has 1 aromatic rings. The molecule has 0 radical (unpaired) electrons. The number of carbonyl (C=O) groups is 1. The van der Waals surface area contributed by atoms with Gasteiger partial charge in [0.1, 0.15) is 0 Å². The summed E-state index contributed by atoms with van der Waals surface area (Å²) in [6.45, 7) is 1.58. The fourth-order valence-electron chi connectivity index (χ4n) is 2.37. The van der Waals surface area contributed by atoms with Crippen LogP contribution in [0.25, 0.3) is 0 Å². The number of amides is 1. The Hall–Kier alpha value is -1.77. The first-order valence-electron chi connectivity index (χ1n) is 5.65. The number of nitrogens with zero attached hydrogens (tertiary/aromatic N) is 1. The standard InChI is InChI=1S/C13H14N2O/c16-13-11-6-1-2-7-12(11)14-9-10-5-3-4-8-15(10)13/h1-4,6-7,10,14H,5,8-9H2. The highest BCUT2D eigenvalue weighted by molar-refractivity contribution is 6.00. The fourth-order valence-corrected chi connectivity index (χ4v) is 2.37. The second kappa shape index (κ2) is 3.67. The molecule has 2 heterocycles. The molecule has 0 saturated carbocycles. The van der Waals surface area contributed by atoms with Gasteiger partial charge in [0.05, 0.1) is 11.6 Å². The molecule has 0 aliphatic carbocycles. The molecule has 0 saturated heterocycles. The smallest absolute Gasteiger partial charge is 0.256 e. The summed E-state index contributed by atoms with van der Waals surface area (Å²) in [7, 11) is 0. The zero-order chi connectivity index (χ0) is 11.0. The molecule has 2 aliphatic heterocycles. The first-order valence-corrected chi connectivity index (χ1v) is 5.65. The number of hydrogen-bond acceptors (Lipinski definition) is 2. The average Bonchev–Trinajstić information content (AvgIpc) is 2.49. The predicted octanol–water partition coefficient (Wildman–Crippen LogP) is 1.88. The van der Waals surface area contributed by atoms with Gasteiger partial charge in [0, 0.05) is 18.8 Å². The zero-order valence-corrected chi connectivity index (χ0v) is 9.02. The van der Waals surface area contributed by atoms with Gasteiger partial charge in [-0.05, 0) is 18.6 Å². The zero-order valence-electron chi connectivity index (χ0n) is 9.02. The lowest BCUT2D eigenvalue weighted by molar-refractivity contribution is 0.0711. The molecule has 0 spiro atoms. The number of nitrogens with one attached hydrogen (secondary N) is 1. The normalized spacial score (nSPS) is 23.1. The van der Waals surface area contributed by atoms with Crippen molar-refractivity contribution in [3.8, 4) is 0 Å². The van der Waals surface area contributed by atoms with Gasteiger partial charge in [0.2, 0.25) is 0 Å². The Kier molecular flexibility index (Phi) is 2.17. The number of rotatable bonds is 0. The fraction of sp³-hybridized carbons (Fsp3) is 0.308. The number of anilines is 1. The summed E-state index contributed by atoms with van der Waals surface area (Å²) in [6, 6.07) is 8.04. The summed E-state index contributed by atoms with van der Waals surface area (Å²) in [5.74, 6) is 0.148. The van der Waals surface area contributed by atoms with Crippen molar-refractivity contribution < 1.29 is 4.79 Å². The Bertz CT molecular complexity index is 453. The molecule has 1 amide bonds. The Balaban J connectivity index is 2.03. The minimum Gasteiger partial charge on any atom is -0.382 e. The topological polar surface area (TPSA) is 32.3 Å². The highest BCUT2D eigenvalue weighted by Crippen LogP contribution is 2.24. The van der Waals surface area contributed by atoms with Crippen LogP contribution in [0.5, 0.6) is 0 Å². The minimum absolute atomic E-state index is 0.148. The number of para-hydroxylation sites is 1. The molecule has 1 atom stereocenters. The minimum atomic E-state index is 0.148. The maximum atomic E-state index is 12.3. The van der Waals surface area contributed by atoms with Gasteiger partial charge in [-0.15, -0.1) is 0 Å². The first-order chi connectivity index (χ1) is 7.86. The number of hydrogen-bond donors (Lipinski definition) is 1. The second-order valence-corrected chi connectivity index (χ2v) is 4.24. The summed E-state index contributed by atoms with van der Waals surface area (Å²) in [5, 5.41) is 3.36. The summed E-state index contributed by atoms with van der Waals surface area (Å²) in [4.78, 5) is 14.3. The Morgan fingerprint density at radius 2 is 2.12 bits per heavy atom. The average molecular weight is 214 g/mol. The lowest BCUT2D eigenvalue weighted by Crippen LogP contribution is -2.43. The largest absolute Gasteiger partial charge is 0.382 e. The van der Waals surface area contributed by atoms with E-state index in [2.05, 4.69) is 17.5 Å². The van der Waals surface area contributed by atoms with Crippen LogP contribution in [0.1, 0.15) is 16.8 Å². The maximum absolute atomic E-state index is 12.3. The van der Waals surface area contributed by atoms with E-state index < -0.39 is 0 Å². The van der Waals surface area contributed by atoms with Gasteiger partial charge in [0.25, 0.3) is 5.91 Å². The monoisotopic (exact) mass is 214 g/mol. The molecular weight excluding hydrogens is 200 g/mol. The van der Waals surface area contributed by atoms with Crippen LogP contribution >= 0.6 is 0 Å². The molecule has 1 aromatic carbocycles. The van der Waals surface area contributed by atoms with Gasteiger partial charge in [-0.3, -0.25) is 4.79 Å². The van der Waals surface area contributed by atoms with E-state index in [-0.39, 0.29) is 5.91 Å². The van der Waals surface area contributed by atoms with Crippen LogP contribution in [-0.2, 0) is 0 Å². The van der Waals surface area contributed by atoms with Crippen molar-refractivity contribution >= 4 is 11.6 Å². The molecule has 3 rings (SSSR count). The molecular formula is C13H14N2O. The van der Waals surface area contributed by atoms with Crippen molar-refractivity contribution in [1.29, 1.82) is 0 Å². The number of fused-ring (bicyclic) bond motifs is 2. The maximum Gasteiger partial charge on any atom is 0.256 e. The van der Waals surface area contributed by atoms with Crippen molar-refractivity contribution in [3.05, 3.63) is 42.0 Å². The van der Waals surface area contributed by atoms with Crippen molar-refractivity contribution in [3.63, 3.8) is 0 Å². The van der Waals surface area contributed by atoms with Gasteiger partial charge < -0.3 is 10.2 Å². The van der Waals surface area contributed by atoms with Crippen LogP contribution in [0.15, 0.2) is 36.4 Å². The van der Waals surface area contributed by atoms with E-state index in [0.717, 1.165) is 30.8 Å². The summed E-state index contributed by atoms with van der Waals surface area (Å²) in [6.07, 6.45) is 5.18. The van der Waals surface area contributed by atoms with E-state index in [1.54, 1.807) is 0 Å². The van der Waals surface area contributed by atoms with Gasteiger partial charge in [0.15, 0.2) is 0 Å². The van der Waals surface area contributed by atoms with Gasteiger partial charge in [-0.1, -0.05) is 24.3 Å². The SMILES string of the molecule is O=C1c2ccccc2NCC2CC=CCN12. The molecule has 16 heavy (non-hydrogen) atoms. The van der Waals surface area contributed by atoms with Crippen molar-refractivity contribution in [2.75, 3.05) is 18.4 Å². The summed E-state index contributed by atoms with van der Waals surface area (Å²) in [5.41, 5.74) is 1.75. The second-order valence-electron chi connectivity index (χ2n) is 4.24. The number of benzene rings is 1. The van der Waals surface area contributed by atoms with Crippen molar-refractivity contribution in [1.82, 2.24) is 4.90 Å². The third-order valence-corrected chi connectivity index (χ3v) is 3.26. The molecule has 82 valence electrons. The Labute approximate surface area is 94.8 Å². The molecule has 1 N–H and O–H groups in total. The summed E-state index contributed by atoms with van der Waals surface area (Å²) < 4.78 is 0. The van der Waals surface area contributed by atoms with E-state index >= 15 is 0 Å². The highest BCUT2D eigenvalue weighted by atomic mass is 16.2.